The summed E-state index contributed by atoms with van der Waals surface area (Å²) in [6, 6.07) is 10.2. The molecule has 1 aromatic heterocycles. The number of ether oxygens (including phenoxy) is 2. The number of hydrogen-bond acceptors (Lipinski definition) is 4. The molecule has 0 bridgehead atoms. The summed E-state index contributed by atoms with van der Waals surface area (Å²) in [5, 5.41) is 0.104. The molecule has 1 amide bonds. The van der Waals surface area contributed by atoms with Crippen molar-refractivity contribution in [2.24, 2.45) is 0 Å². The lowest BCUT2D eigenvalue weighted by Gasteiger charge is -2.18. The molecule has 4 rings (SSSR count). The zero-order chi connectivity index (χ0) is 23.4. The van der Waals surface area contributed by atoms with Crippen molar-refractivity contribution in [3.63, 3.8) is 0 Å². The maximum atomic E-state index is 14.2. The van der Waals surface area contributed by atoms with Crippen molar-refractivity contribution in [1.82, 2.24) is 9.88 Å². The summed E-state index contributed by atoms with van der Waals surface area (Å²) in [7, 11) is 3.09. The fourth-order valence-corrected chi connectivity index (χ4v) is 3.79. The van der Waals surface area contributed by atoms with Crippen LogP contribution in [0, 0.1) is 11.6 Å². The summed E-state index contributed by atoms with van der Waals surface area (Å²) in [5.74, 6) is -0.592. The molecule has 0 radical (unpaired) electrons. The lowest BCUT2D eigenvalue weighted by molar-refractivity contribution is 0.0765. The van der Waals surface area contributed by atoms with Crippen LogP contribution in [0.3, 0.4) is 0 Å². The Morgan fingerprint density at radius 2 is 1.72 bits per heavy atom. The van der Waals surface area contributed by atoms with E-state index in [1.165, 1.54) is 19.2 Å². The molecular formula is C24H23ClF2N2O3. The van der Waals surface area contributed by atoms with Crippen molar-refractivity contribution in [3.05, 3.63) is 75.9 Å². The molecule has 32 heavy (non-hydrogen) atoms. The number of pyridine rings is 1. The van der Waals surface area contributed by atoms with Gasteiger partial charge in [0.25, 0.3) is 5.91 Å². The van der Waals surface area contributed by atoms with E-state index in [0.29, 0.717) is 17.2 Å². The summed E-state index contributed by atoms with van der Waals surface area (Å²) in [5.41, 5.74) is 1.16. The molecule has 0 fully saturated rings. The van der Waals surface area contributed by atoms with Gasteiger partial charge >= 0.3 is 0 Å². The average Bonchev–Trinajstić information content (AvgIpc) is 3.10. The van der Waals surface area contributed by atoms with Gasteiger partial charge in [0.1, 0.15) is 23.1 Å². The molecule has 168 valence electrons. The van der Waals surface area contributed by atoms with Gasteiger partial charge in [-0.2, -0.15) is 0 Å². The fourth-order valence-electron chi connectivity index (χ4n) is 3.50. The summed E-state index contributed by atoms with van der Waals surface area (Å²) < 4.78 is 39.0. The zero-order valence-corrected chi connectivity index (χ0v) is 19.0. The van der Waals surface area contributed by atoms with Crippen molar-refractivity contribution < 1.29 is 23.0 Å². The van der Waals surface area contributed by atoms with Crippen molar-refractivity contribution >= 4 is 17.5 Å². The van der Waals surface area contributed by atoms with Crippen LogP contribution in [-0.4, -0.2) is 30.0 Å². The molecule has 0 saturated heterocycles. The number of methoxy groups -OCH3 is 2. The minimum absolute atomic E-state index is 0.0472. The minimum Gasteiger partial charge on any atom is -0.497 e. The first kappa shape index (κ1) is 23.5. The molecule has 3 aromatic rings. The van der Waals surface area contributed by atoms with Gasteiger partial charge in [-0.1, -0.05) is 31.5 Å². The highest BCUT2D eigenvalue weighted by atomic mass is 35.5. The smallest absolute Gasteiger partial charge is 0.257 e. The normalized spacial score (nSPS) is 12.2. The van der Waals surface area contributed by atoms with E-state index in [-0.39, 0.29) is 40.8 Å². The second kappa shape index (κ2) is 9.96. The number of benzene rings is 2. The van der Waals surface area contributed by atoms with Gasteiger partial charge in [0.05, 0.1) is 54.8 Å². The summed E-state index contributed by atoms with van der Waals surface area (Å²) in [6.07, 6.45) is 0. The topological polar surface area (TPSA) is 51.7 Å². The summed E-state index contributed by atoms with van der Waals surface area (Å²) in [4.78, 5) is 18.8. The van der Waals surface area contributed by atoms with E-state index in [0.717, 1.165) is 17.7 Å². The molecule has 8 heteroatoms. The number of carbonyl (C=O) groups is 1. The molecule has 0 spiro atoms. The van der Waals surface area contributed by atoms with Gasteiger partial charge in [0, 0.05) is 11.6 Å². The lowest BCUT2D eigenvalue weighted by atomic mass is 10.1. The summed E-state index contributed by atoms with van der Waals surface area (Å²) >= 11 is 6.32. The third-order valence-corrected chi connectivity index (χ3v) is 5.26. The number of carbonyl (C=O) groups excluding carboxylic acids is 1. The number of nitrogens with zero attached hydrogens (tertiary/aromatic N) is 2. The van der Waals surface area contributed by atoms with Gasteiger partial charge in [-0.25, -0.2) is 13.8 Å². The molecule has 2 heterocycles. The molecule has 5 nitrogen and oxygen atoms in total. The highest BCUT2D eigenvalue weighted by Crippen LogP contribution is 2.35. The van der Waals surface area contributed by atoms with E-state index in [9.17, 15) is 13.6 Å². The largest absolute Gasteiger partial charge is 0.497 e. The van der Waals surface area contributed by atoms with Gasteiger partial charge < -0.3 is 14.4 Å². The van der Waals surface area contributed by atoms with Crippen LogP contribution >= 0.6 is 11.6 Å². The van der Waals surface area contributed by atoms with E-state index in [1.54, 1.807) is 24.1 Å². The second-order valence-corrected chi connectivity index (χ2v) is 7.15. The first-order valence-electron chi connectivity index (χ1n) is 10.1. The first-order valence-corrected chi connectivity index (χ1v) is 10.4. The van der Waals surface area contributed by atoms with Crippen LogP contribution in [0.5, 0.6) is 11.5 Å². The van der Waals surface area contributed by atoms with Crippen LogP contribution in [0.15, 0.2) is 42.5 Å². The van der Waals surface area contributed by atoms with Gasteiger partial charge in [-0.05, 0) is 30.3 Å². The van der Waals surface area contributed by atoms with E-state index in [2.05, 4.69) is 4.98 Å². The Morgan fingerprint density at radius 3 is 2.34 bits per heavy atom. The van der Waals surface area contributed by atoms with Crippen molar-refractivity contribution in [2.75, 3.05) is 14.2 Å². The highest BCUT2D eigenvalue weighted by Gasteiger charge is 2.33. The van der Waals surface area contributed by atoms with Crippen LogP contribution in [0.4, 0.5) is 8.78 Å². The van der Waals surface area contributed by atoms with Crippen molar-refractivity contribution in [2.45, 2.75) is 26.9 Å². The van der Waals surface area contributed by atoms with E-state index in [1.807, 2.05) is 19.9 Å². The molecule has 2 aromatic carbocycles. The SMILES string of the molecule is CC.COc1ccc(CN2Cc3nc(-c4c(F)cccc4F)cc(Cl)c3C2=O)c(OC)c1. The van der Waals surface area contributed by atoms with Crippen LogP contribution in [0.1, 0.15) is 35.5 Å². The second-order valence-electron chi connectivity index (χ2n) is 6.75. The minimum atomic E-state index is -0.748. The Kier molecular flexibility index (Phi) is 7.30. The highest BCUT2D eigenvalue weighted by molar-refractivity contribution is 6.34. The lowest BCUT2D eigenvalue weighted by Crippen LogP contribution is -2.23. The zero-order valence-electron chi connectivity index (χ0n) is 18.2. The fraction of sp³-hybridized carbons (Fsp3) is 0.250. The predicted octanol–water partition coefficient (Wildman–Crippen LogP) is 5.88. The van der Waals surface area contributed by atoms with Crippen molar-refractivity contribution in [1.29, 1.82) is 0 Å². The first-order chi connectivity index (χ1) is 15.4. The monoisotopic (exact) mass is 460 g/mol. The molecule has 0 aliphatic carbocycles. The molecule has 1 aliphatic heterocycles. The molecule has 0 unspecified atom stereocenters. The van der Waals surface area contributed by atoms with Crippen LogP contribution < -0.4 is 9.47 Å². The Morgan fingerprint density at radius 1 is 1.03 bits per heavy atom. The number of amides is 1. The van der Waals surface area contributed by atoms with Crippen LogP contribution in [0.2, 0.25) is 5.02 Å². The molecule has 0 saturated carbocycles. The summed E-state index contributed by atoms with van der Waals surface area (Å²) in [6.45, 7) is 4.41. The number of halogens is 3. The van der Waals surface area contributed by atoms with Gasteiger partial charge in [-0.3, -0.25) is 4.79 Å². The number of aromatic nitrogens is 1. The molecule has 0 N–H and O–H groups in total. The maximum Gasteiger partial charge on any atom is 0.257 e. The molecule has 0 atom stereocenters. The Bertz CT molecular complexity index is 1130. The third-order valence-electron chi connectivity index (χ3n) is 4.96. The van der Waals surface area contributed by atoms with E-state index >= 15 is 0 Å². The van der Waals surface area contributed by atoms with Gasteiger partial charge in [0.2, 0.25) is 0 Å². The Balaban J connectivity index is 0.00000141. The van der Waals surface area contributed by atoms with Gasteiger partial charge in [0.15, 0.2) is 0 Å². The van der Waals surface area contributed by atoms with Crippen LogP contribution in [0.25, 0.3) is 11.3 Å². The number of fused-ring (bicyclic) bond motifs is 1. The average molecular weight is 461 g/mol. The molecular weight excluding hydrogens is 438 g/mol. The Hall–Kier alpha value is -3.19. The van der Waals surface area contributed by atoms with E-state index in [4.69, 9.17) is 21.1 Å². The van der Waals surface area contributed by atoms with Gasteiger partial charge in [-0.15, -0.1) is 0 Å². The Labute approximate surface area is 190 Å². The van der Waals surface area contributed by atoms with Crippen molar-refractivity contribution in [3.8, 4) is 22.8 Å². The number of rotatable bonds is 5. The van der Waals surface area contributed by atoms with Crippen LogP contribution in [-0.2, 0) is 13.1 Å². The third kappa shape index (κ3) is 4.39. The quantitative estimate of drug-likeness (QED) is 0.477. The number of hydrogen-bond donors (Lipinski definition) is 0. The maximum absolute atomic E-state index is 14.2. The van der Waals surface area contributed by atoms with E-state index < -0.39 is 11.6 Å². The molecule has 1 aliphatic rings. The predicted molar refractivity (Wildman–Crippen MR) is 119 cm³/mol. The standard InChI is InChI=1S/C22H17ClF2N2O3.C2H6/c1-29-13-7-6-12(19(8-13)30-2)10-27-11-18-20(22(27)28)14(23)9-17(26-18)21-15(24)4-3-5-16(21)25;1-2/h3-9H,10-11H2,1-2H3;1-2H3.